The maximum absolute atomic E-state index is 11.8. The van der Waals surface area contributed by atoms with Crippen LogP contribution in [0.1, 0.15) is 15.9 Å². The van der Waals surface area contributed by atoms with E-state index in [0.717, 1.165) is 16.6 Å². The predicted octanol–water partition coefficient (Wildman–Crippen LogP) is 1.70. The second-order valence-corrected chi connectivity index (χ2v) is 5.28. The molecule has 0 aliphatic heterocycles. The van der Waals surface area contributed by atoms with Crippen molar-refractivity contribution in [3.63, 3.8) is 0 Å². The lowest BCUT2D eigenvalue weighted by molar-refractivity contribution is -0.870. The maximum Gasteiger partial charge on any atom is 0.338 e. The number of ether oxygens (including phenoxy) is 2. The van der Waals surface area contributed by atoms with Crippen molar-refractivity contribution in [3.05, 3.63) is 35.4 Å². The highest BCUT2D eigenvalue weighted by Crippen LogP contribution is 2.08. The maximum atomic E-state index is 11.8. The van der Waals surface area contributed by atoms with E-state index in [1.807, 2.05) is 12.1 Å². The number of carbonyl (C=O) groups is 1. The highest BCUT2D eigenvalue weighted by Gasteiger charge is 2.11. The first kappa shape index (κ1) is 14.7. The summed E-state index contributed by atoms with van der Waals surface area (Å²) < 4.78 is 11.1. The molecule has 0 saturated heterocycles. The first-order valence-corrected chi connectivity index (χ1v) is 5.98. The molecule has 0 aliphatic carbocycles. The molecule has 1 rings (SSSR count). The van der Waals surface area contributed by atoms with Crippen molar-refractivity contribution in [2.24, 2.45) is 0 Å². The van der Waals surface area contributed by atoms with E-state index in [-0.39, 0.29) is 5.97 Å². The van der Waals surface area contributed by atoms with Gasteiger partial charge in [-0.3, -0.25) is 0 Å². The zero-order valence-electron chi connectivity index (χ0n) is 11.6. The number of hydrogen-bond acceptors (Lipinski definition) is 3. The number of hydrogen-bond donors (Lipinski definition) is 0. The van der Waals surface area contributed by atoms with Gasteiger partial charge in [0.15, 0.2) is 0 Å². The summed E-state index contributed by atoms with van der Waals surface area (Å²) in [6, 6.07) is 7.32. The van der Waals surface area contributed by atoms with E-state index in [1.54, 1.807) is 19.2 Å². The molecule has 0 amide bonds. The molecule has 0 N–H and O–H groups in total. The molecule has 0 aliphatic rings. The van der Waals surface area contributed by atoms with Crippen LogP contribution in [0.4, 0.5) is 0 Å². The Bertz CT molecular complexity index is 396. The van der Waals surface area contributed by atoms with Gasteiger partial charge in [-0.15, -0.1) is 0 Å². The van der Waals surface area contributed by atoms with Gasteiger partial charge in [-0.05, 0) is 17.7 Å². The third kappa shape index (κ3) is 5.29. The molecule has 0 spiro atoms. The van der Waals surface area contributed by atoms with Crippen LogP contribution in [0.25, 0.3) is 0 Å². The lowest BCUT2D eigenvalue weighted by atomic mass is 10.1. The van der Waals surface area contributed by atoms with Crippen molar-refractivity contribution in [2.75, 3.05) is 41.4 Å². The summed E-state index contributed by atoms with van der Waals surface area (Å²) in [5.41, 5.74) is 1.55. The minimum Gasteiger partial charge on any atom is -0.456 e. The van der Waals surface area contributed by atoms with Crippen LogP contribution in [-0.4, -0.2) is 51.9 Å². The smallest absolute Gasteiger partial charge is 0.338 e. The Kier molecular flexibility index (Phi) is 5.31. The fourth-order valence-corrected chi connectivity index (χ4v) is 1.45. The van der Waals surface area contributed by atoms with Gasteiger partial charge in [0.25, 0.3) is 0 Å². The standard InChI is InChI=1S/C14H22NO3/c1-15(2,3)8-9-18-14(16)13-7-5-6-12(10-13)11-17-4/h5-7,10H,8-9,11H2,1-4H3/q+1. The molecule has 0 bridgehead atoms. The molecule has 0 atom stereocenters. The van der Waals surface area contributed by atoms with E-state index in [0.29, 0.717) is 18.8 Å². The minimum absolute atomic E-state index is 0.276. The molecule has 0 aromatic heterocycles. The summed E-state index contributed by atoms with van der Waals surface area (Å²) in [6.07, 6.45) is 0. The first-order chi connectivity index (χ1) is 8.42. The highest BCUT2D eigenvalue weighted by molar-refractivity contribution is 5.89. The van der Waals surface area contributed by atoms with Crippen LogP contribution in [0.5, 0.6) is 0 Å². The summed E-state index contributed by atoms with van der Waals surface area (Å²) in [5, 5.41) is 0. The van der Waals surface area contributed by atoms with Gasteiger partial charge < -0.3 is 14.0 Å². The van der Waals surface area contributed by atoms with E-state index in [1.165, 1.54) is 0 Å². The fourth-order valence-electron chi connectivity index (χ4n) is 1.45. The molecule has 4 heteroatoms. The molecular formula is C14H22NO3+. The summed E-state index contributed by atoms with van der Waals surface area (Å²) in [7, 11) is 7.82. The third-order valence-electron chi connectivity index (χ3n) is 2.47. The molecule has 0 radical (unpaired) electrons. The van der Waals surface area contributed by atoms with E-state index in [9.17, 15) is 4.79 Å². The van der Waals surface area contributed by atoms with E-state index >= 15 is 0 Å². The van der Waals surface area contributed by atoms with Gasteiger partial charge in [0, 0.05) is 7.11 Å². The highest BCUT2D eigenvalue weighted by atomic mass is 16.5. The Hall–Kier alpha value is -1.39. The molecular weight excluding hydrogens is 230 g/mol. The normalized spacial score (nSPS) is 11.3. The number of esters is 1. The molecule has 0 unspecified atom stereocenters. The number of benzene rings is 1. The number of methoxy groups -OCH3 is 1. The van der Waals surface area contributed by atoms with Crippen molar-refractivity contribution in [1.82, 2.24) is 0 Å². The fraction of sp³-hybridized carbons (Fsp3) is 0.500. The Morgan fingerprint density at radius 1 is 1.28 bits per heavy atom. The van der Waals surface area contributed by atoms with Crippen LogP contribution in [0.3, 0.4) is 0 Å². The third-order valence-corrected chi connectivity index (χ3v) is 2.47. The lowest BCUT2D eigenvalue weighted by Gasteiger charge is -2.23. The Balaban J connectivity index is 2.53. The quantitative estimate of drug-likeness (QED) is 0.571. The summed E-state index contributed by atoms with van der Waals surface area (Å²) in [6.45, 7) is 1.72. The van der Waals surface area contributed by atoms with Crippen LogP contribution < -0.4 is 0 Å². The lowest BCUT2D eigenvalue weighted by Crippen LogP contribution is -2.38. The molecule has 100 valence electrons. The predicted molar refractivity (Wildman–Crippen MR) is 70.3 cm³/mol. The Morgan fingerprint density at radius 2 is 2.00 bits per heavy atom. The summed E-state index contributed by atoms with van der Waals surface area (Å²) in [4.78, 5) is 11.8. The van der Waals surface area contributed by atoms with Crippen LogP contribution in [0, 0.1) is 0 Å². The van der Waals surface area contributed by atoms with Gasteiger partial charge in [-0.1, -0.05) is 12.1 Å². The van der Waals surface area contributed by atoms with Crippen LogP contribution in [-0.2, 0) is 16.1 Å². The molecule has 1 aromatic rings. The Morgan fingerprint density at radius 3 is 2.61 bits per heavy atom. The monoisotopic (exact) mass is 252 g/mol. The van der Waals surface area contributed by atoms with Crippen LogP contribution >= 0.6 is 0 Å². The van der Waals surface area contributed by atoms with Gasteiger partial charge in [-0.25, -0.2) is 4.79 Å². The van der Waals surface area contributed by atoms with Crippen molar-refractivity contribution in [2.45, 2.75) is 6.61 Å². The number of carbonyl (C=O) groups excluding carboxylic acids is 1. The molecule has 1 aromatic carbocycles. The van der Waals surface area contributed by atoms with E-state index < -0.39 is 0 Å². The minimum atomic E-state index is -0.276. The summed E-state index contributed by atoms with van der Waals surface area (Å²) in [5.74, 6) is -0.276. The van der Waals surface area contributed by atoms with Crippen molar-refractivity contribution in [1.29, 1.82) is 0 Å². The van der Waals surface area contributed by atoms with Crippen molar-refractivity contribution >= 4 is 5.97 Å². The largest absolute Gasteiger partial charge is 0.456 e. The number of rotatable bonds is 6. The zero-order valence-corrected chi connectivity index (χ0v) is 11.6. The van der Waals surface area contributed by atoms with Gasteiger partial charge in [0.05, 0.1) is 33.3 Å². The molecule has 0 saturated carbocycles. The SMILES string of the molecule is COCc1cccc(C(=O)OCC[N+](C)(C)C)c1. The summed E-state index contributed by atoms with van der Waals surface area (Å²) >= 11 is 0. The topological polar surface area (TPSA) is 35.5 Å². The molecule has 0 fully saturated rings. The van der Waals surface area contributed by atoms with Crippen molar-refractivity contribution < 1.29 is 18.8 Å². The molecule has 18 heavy (non-hydrogen) atoms. The number of quaternary nitrogens is 1. The number of nitrogens with zero attached hydrogens (tertiary/aromatic N) is 1. The van der Waals surface area contributed by atoms with Gasteiger partial charge in [-0.2, -0.15) is 0 Å². The van der Waals surface area contributed by atoms with Crippen LogP contribution in [0.2, 0.25) is 0 Å². The molecule has 0 heterocycles. The first-order valence-electron chi connectivity index (χ1n) is 5.98. The zero-order chi connectivity index (χ0) is 13.6. The average Bonchev–Trinajstić information content (AvgIpc) is 2.28. The average molecular weight is 252 g/mol. The number of likely N-dealkylation sites (N-methyl/N-ethyl adjacent to an activating group) is 1. The Labute approximate surface area is 109 Å². The van der Waals surface area contributed by atoms with Gasteiger partial charge in [0.2, 0.25) is 0 Å². The van der Waals surface area contributed by atoms with E-state index in [2.05, 4.69) is 21.1 Å². The van der Waals surface area contributed by atoms with Crippen molar-refractivity contribution in [3.8, 4) is 0 Å². The van der Waals surface area contributed by atoms with Crippen LogP contribution in [0.15, 0.2) is 24.3 Å². The van der Waals surface area contributed by atoms with Gasteiger partial charge in [0.1, 0.15) is 13.2 Å². The van der Waals surface area contributed by atoms with Gasteiger partial charge >= 0.3 is 5.97 Å². The molecule has 4 nitrogen and oxygen atoms in total. The van der Waals surface area contributed by atoms with E-state index in [4.69, 9.17) is 9.47 Å². The second-order valence-electron chi connectivity index (χ2n) is 5.28. The second kappa shape index (κ2) is 6.52.